The highest BCUT2D eigenvalue weighted by atomic mass is 16.2. The predicted octanol–water partition coefficient (Wildman–Crippen LogP) is 2.69. The summed E-state index contributed by atoms with van der Waals surface area (Å²) >= 11 is 0. The van der Waals surface area contributed by atoms with Crippen LogP contribution in [0.3, 0.4) is 0 Å². The summed E-state index contributed by atoms with van der Waals surface area (Å²) in [4.78, 5) is 35.7. The number of nitrogens with one attached hydrogen (secondary N) is 3. The van der Waals surface area contributed by atoms with Crippen molar-refractivity contribution >= 4 is 29.0 Å². The molecule has 27 heavy (non-hydrogen) atoms. The van der Waals surface area contributed by atoms with Crippen LogP contribution in [0.1, 0.15) is 23.0 Å². The Morgan fingerprint density at radius 1 is 0.963 bits per heavy atom. The number of amides is 2. The van der Waals surface area contributed by atoms with Gasteiger partial charge in [-0.3, -0.25) is 14.6 Å². The lowest BCUT2D eigenvalue weighted by Crippen LogP contribution is -2.15. The quantitative estimate of drug-likeness (QED) is 0.622. The van der Waals surface area contributed by atoms with Crippen LogP contribution in [0.15, 0.2) is 61.2 Å². The van der Waals surface area contributed by atoms with Gasteiger partial charge in [0.05, 0.1) is 12.4 Å². The molecular weight excluding hydrogens is 344 g/mol. The normalized spacial score (nSPS) is 10.1. The van der Waals surface area contributed by atoms with Gasteiger partial charge in [-0.2, -0.15) is 0 Å². The van der Waals surface area contributed by atoms with E-state index in [1.807, 2.05) is 12.1 Å². The highest BCUT2D eigenvalue weighted by Crippen LogP contribution is 2.16. The third kappa shape index (κ3) is 5.33. The van der Waals surface area contributed by atoms with E-state index in [1.165, 1.54) is 19.3 Å². The Morgan fingerprint density at radius 2 is 1.70 bits per heavy atom. The molecule has 0 unspecified atom stereocenters. The van der Waals surface area contributed by atoms with Gasteiger partial charge >= 0.3 is 0 Å². The Balaban J connectivity index is 1.59. The van der Waals surface area contributed by atoms with Crippen molar-refractivity contribution in [1.82, 2.24) is 15.0 Å². The largest absolute Gasteiger partial charge is 0.365 e. The van der Waals surface area contributed by atoms with Crippen molar-refractivity contribution in [2.45, 2.75) is 13.5 Å². The minimum atomic E-state index is -0.386. The zero-order valence-electron chi connectivity index (χ0n) is 14.6. The minimum absolute atomic E-state index is 0.181. The first-order chi connectivity index (χ1) is 13.1. The Bertz CT molecular complexity index is 928. The molecule has 0 saturated heterocycles. The molecule has 3 rings (SSSR count). The molecule has 136 valence electrons. The maximum Gasteiger partial charge on any atom is 0.275 e. The third-order valence-corrected chi connectivity index (χ3v) is 3.55. The van der Waals surface area contributed by atoms with Gasteiger partial charge in [0.1, 0.15) is 11.5 Å². The van der Waals surface area contributed by atoms with Crippen molar-refractivity contribution in [3.8, 4) is 0 Å². The Hall–Kier alpha value is -3.81. The summed E-state index contributed by atoms with van der Waals surface area (Å²) in [5.74, 6) is -0.00151. The van der Waals surface area contributed by atoms with E-state index in [-0.39, 0.29) is 17.5 Å². The molecule has 0 aliphatic heterocycles. The molecule has 0 aliphatic rings. The lowest BCUT2D eigenvalue weighted by molar-refractivity contribution is -0.114. The lowest BCUT2D eigenvalue weighted by atomic mass is 10.2. The van der Waals surface area contributed by atoms with Gasteiger partial charge in [-0.15, -0.1) is 0 Å². The molecule has 2 amide bonds. The summed E-state index contributed by atoms with van der Waals surface area (Å²) in [6, 6.07) is 10.7. The van der Waals surface area contributed by atoms with Gasteiger partial charge in [-0.05, 0) is 35.9 Å². The number of anilines is 3. The van der Waals surface area contributed by atoms with Crippen LogP contribution in [0.25, 0.3) is 0 Å². The van der Waals surface area contributed by atoms with Crippen LogP contribution in [0.2, 0.25) is 0 Å². The summed E-state index contributed by atoms with van der Waals surface area (Å²) in [7, 11) is 0. The van der Waals surface area contributed by atoms with E-state index in [0.29, 0.717) is 23.7 Å². The van der Waals surface area contributed by atoms with Crippen LogP contribution in [-0.2, 0) is 11.3 Å². The topological polar surface area (TPSA) is 109 Å². The van der Waals surface area contributed by atoms with Crippen LogP contribution in [-0.4, -0.2) is 26.8 Å². The maximum absolute atomic E-state index is 12.3. The van der Waals surface area contributed by atoms with Crippen molar-refractivity contribution in [1.29, 1.82) is 0 Å². The average Bonchev–Trinajstić information content (AvgIpc) is 2.67. The number of benzene rings is 1. The van der Waals surface area contributed by atoms with Crippen molar-refractivity contribution in [2.24, 2.45) is 0 Å². The Kier molecular flexibility index (Phi) is 5.68. The second-order valence-electron chi connectivity index (χ2n) is 5.71. The average molecular weight is 362 g/mol. The fourth-order valence-corrected chi connectivity index (χ4v) is 2.30. The second kappa shape index (κ2) is 8.52. The second-order valence-corrected chi connectivity index (χ2v) is 5.71. The standard InChI is InChI=1S/C19H18N6O2/c1-13(26)24-15-3-2-4-16(9-15)25-19(27)17-11-23-18(12-21-17)22-10-14-5-7-20-8-6-14/h2-9,11-12H,10H2,1H3,(H,22,23)(H,24,26)(H,25,27). The van der Waals surface area contributed by atoms with Crippen LogP contribution in [0.4, 0.5) is 17.2 Å². The summed E-state index contributed by atoms with van der Waals surface area (Å²) in [6.07, 6.45) is 6.35. The van der Waals surface area contributed by atoms with E-state index in [0.717, 1.165) is 5.56 Å². The van der Waals surface area contributed by atoms with Gasteiger partial charge in [0.25, 0.3) is 5.91 Å². The molecule has 0 aliphatic carbocycles. The number of hydrogen-bond donors (Lipinski definition) is 3. The molecule has 0 fully saturated rings. The summed E-state index contributed by atoms with van der Waals surface area (Å²) in [5.41, 5.74) is 2.40. The highest BCUT2D eigenvalue weighted by Gasteiger charge is 2.09. The summed E-state index contributed by atoms with van der Waals surface area (Å²) < 4.78 is 0. The minimum Gasteiger partial charge on any atom is -0.365 e. The SMILES string of the molecule is CC(=O)Nc1cccc(NC(=O)c2cnc(NCc3ccncc3)cn2)c1. The van der Waals surface area contributed by atoms with Gasteiger partial charge in [0, 0.05) is 37.2 Å². The van der Waals surface area contributed by atoms with E-state index in [4.69, 9.17) is 0 Å². The fraction of sp³-hybridized carbons (Fsp3) is 0.105. The molecule has 8 heteroatoms. The summed E-state index contributed by atoms with van der Waals surface area (Å²) in [6.45, 7) is 2.00. The van der Waals surface area contributed by atoms with E-state index in [1.54, 1.807) is 36.7 Å². The van der Waals surface area contributed by atoms with E-state index in [2.05, 4.69) is 30.9 Å². The Morgan fingerprint density at radius 3 is 2.37 bits per heavy atom. The monoisotopic (exact) mass is 362 g/mol. The molecule has 0 saturated carbocycles. The first-order valence-corrected chi connectivity index (χ1v) is 8.24. The number of aromatic nitrogens is 3. The van der Waals surface area contributed by atoms with Crippen molar-refractivity contribution in [3.05, 3.63) is 72.4 Å². The van der Waals surface area contributed by atoms with Gasteiger partial charge in [0.2, 0.25) is 5.91 Å². The number of rotatable bonds is 6. The number of pyridine rings is 1. The van der Waals surface area contributed by atoms with Crippen LogP contribution < -0.4 is 16.0 Å². The molecule has 3 N–H and O–H groups in total. The molecule has 0 radical (unpaired) electrons. The fourth-order valence-electron chi connectivity index (χ4n) is 2.30. The molecule has 0 bridgehead atoms. The molecule has 0 atom stereocenters. The molecular formula is C19H18N6O2. The maximum atomic E-state index is 12.3. The van der Waals surface area contributed by atoms with Crippen LogP contribution >= 0.6 is 0 Å². The van der Waals surface area contributed by atoms with Crippen molar-refractivity contribution in [2.75, 3.05) is 16.0 Å². The molecule has 8 nitrogen and oxygen atoms in total. The van der Waals surface area contributed by atoms with Crippen molar-refractivity contribution < 1.29 is 9.59 Å². The van der Waals surface area contributed by atoms with Gasteiger partial charge in [0.15, 0.2) is 0 Å². The van der Waals surface area contributed by atoms with Gasteiger partial charge in [-0.25, -0.2) is 9.97 Å². The smallest absolute Gasteiger partial charge is 0.275 e. The number of carbonyl (C=O) groups is 2. The lowest BCUT2D eigenvalue weighted by Gasteiger charge is -2.08. The first-order valence-electron chi connectivity index (χ1n) is 8.24. The van der Waals surface area contributed by atoms with Gasteiger partial charge < -0.3 is 16.0 Å². The highest BCUT2D eigenvalue weighted by molar-refractivity contribution is 6.03. The Labute approximate surface area is 156 Å². The number of carbonyl (C=O) groups excluding carboxylic acids is 2. The van der Waals surface area contributed by atoms with Gasteiger partial charge in [-0.1, -0.05) is 6.07 Å². The van der Waals surface area contributed by atoms with Crippen LogP contribution in [0, 0.1) is 0 Å². The molecule has 2 aromatic heterocycles. The molecule has 2 heterocycles. The molecule has 3 aromatic rings. The molecule has 0 spiro atoms. The molecule has 1 aromatic carbocycles. The van der Waals surface area contributed by atoms with Crippen LogP contribution in [0.5, 0.6) is 0 Å². The number of hydrogen-bond acceptors (Lipinski definition) is 6. The van der Waals surface area contributed by atoms with E-state index < -0.39 is 0 Å². The zero-order chi connectivity index (χ0) is 19.1. The zero-order valence-corrected chi connectivity index (χ0v) is 14.6. The predicted molar refractivity (Wildman–Crippen MR) is 102 cm³/mol. The van der Waals surface area contributed by atoms with E-state index in [9.17, 15) is 9.59 Å². The summed E-state index contributed by atoms with van der Waals surface area (Å²) in [5, 5.41) is 8.52. The van der Waals surface area contributed by atoms with E-state index >= 15 is 0 Å². The first kappa shape index (κ1) is 18.0. The van der Waals surface area contributed by atoms with Crippen molar-refractivity contribution in [3.63, 3.8) is 0 Å². The third-order valence-electron chi connectivity index (χ3n) is 3.55. The number of nitrogens with zero attached hydrogens (tertiary/aromatic N) is 3.